The quantitative estimate of drug-likeness (QED) is 0.627. The minimum atomic E-state index is -0.830. The molecule has 0 unspecified atom stereocenters. The smallest absolute Gasteiger partial charge is 0.296 e. The van der Waals surface area contributed by atoms with Crippen molar-refractivity contribution >= 4 is 5.69 Å². The van der Waals surface area contributed by atoms with Crippen LogP contribution in [0.3, 0.4) is 0 Å². The second kappa shape index (κ2) is 4.78. The van der Waals surface area contributed by atoms with Crippen LogP contribution in [0.4, 0.5) is 10.1 Å². The van der Waals surface area contributed by atoms with Crippen molar-refractivity contribution in [2.24, 2.45) is 0 Å². The predicted octanol–water partition coefficient (Wildman–Crippen LogP) is 2.40. The number of benzene rings is 1. The van der Waals surface area contributed by atoms with E-state index < -0.39 is 16.4 Å². The summed E-state index contributed by atoms with van der Waals surface area (Å²) >= 11 is 0. The van der Waals surface area contributed by atoms with Crippen LogP contribution < -0.4 is 4.74 Å². The average Bonchev–Trinajstić information content (AvgIpc) is 2.86. The van der Waals surface area contributed by atoms with Crippen LogP contribution >= 0.6 is 0 Å². The Bertz CT molecular complexity index is 688. The SMILES string of the molecule is COc1cc(-n2cccc2C#N)c([N+](=O)[O-])cc1F. The molecule has 0 saturated heterocycles. The molecule has 96 valence electrons. The molecule has 7 heteroatoms. The molecule has 0 spiro atoms. The Morgan fingerprint density at radius 1 is 1.53 bits per heavy atom. The number of nitriles is 1. The van der Waals surface area contributed by atoms with E-state index in [-0.39, 0.29) is 17.1 Å². The number of nitro benzene ring substituents is 1. The van der Waals surface area contributed by atoms with Gasteiger partial charge in [0, 0.05) is 12.3 Å². The summed E-state index contributed by atoms with van der Waals surface area (Å²) in [5.74, 6) is -0.957. The molecule has 2 rings (SSSR count). The summed E-state index contributed by atoms with van der Waals surface area (Å²) < 4.78 is 19.6. The summed E-state index contributed by atoms with van der Waals surface area (Å²) in [5.41, 5.74) is -0.160. The largest absolute Gasteiger partial charge is 0.494 e. The number of aromatic nitrogens is 1. The lowest BCUT2D eigenvalue weighted by atomic mass is 10.2. The summed E-state index contributed by atoms with van der Waals surface area (Å²) in [4.78, 5) is 10.3. The van der Waals surface area contributed by atoms with Gasteiger partial charge in [-0.2, -0.15) is 5.26 Å². The molecular formula is C12H8FN3O3. The van der Waals surface area contributed by atoms with Crippen LogP contribution in [-0.2, 0) is 0 Å². The Labute approximate surface area is 107 Å². The number of methoxy groups -OCH3 is 1. The Morgan fingerprint density at radius 2 is 2.26 bits per heavy atom. The minimum Gasteiger partial charge on any atom is -0.494 e. The third-order valence-electron chi connectivity index (χ3n) is 2.57. The van der Waals surface area contributed by atoms with Gasteiger partial charge in [0.05, 0.1) is 18.1 Å². The third kappa shape index (κ3) is 2.11. The van der Waals surface area contributed by atoms with Crippen LogP contribution in [0.2, 0.25) is 0 Å². The van der Waals surface area contributed by atoms with E-state index in [1.54, 1.807) is 6.07 Å². The number of rotatable bonds is 3. The highest BCUT2D eigenvalue weighted by Crippen LogP contribution is 2.31. The van der Waals surface area contributed by atoms with E-state index in [4.69, 9.17) is 10.00 Å². The van der Waals surface area contributed by atoms with Gasteiger partial charge in [-0.3, -0.25) is 10.1 Å². The first-order valence-electron chi connectivity index (χ1n) is 5.18. The standard InChI is InChI=1S/C12H8FN3O3/c1-19-12-6-10(11(16(17)18)5-9(12)13)15-4-2-3-8(15)7-14/h2-6H,1H3. The van der Waals surface area contributed by atoms with E-state index in [0.717, 1.165) is 6.07 Å². The van der Waals surface area contributed by atoms with Crippen molar-refractivity contribution in [2.45, 2.75) is 0 Å². The number of ether oxygens (including phenoxy) is 1. The second-order valence-corrected chi connectivity index (χ2v) is 3.61. The van der Waals surface area contributed by atoms with Gasteiger partial charge in [-0.05, 0) is 12.1 Å². The summed E-state index contributed by atoms with van der Waals surface area (Å²) in [6.45, 7) is 0. The maximum atomic E-state index is 13.5. The molecule has 2 aromatic rings. The van der Waals surface area contributed by atoms with Gasteiger partial charge in [0.15, 0.2) is 11.6 Å². The lowest BCUT2D eigenvalue weighted by Gasteiger charge is -2.09. The van der Waals surface area contributed by atoms with Gasteiger partial charge in [0.25, 0.3) is 5.69 Å². The molecule has 1 aromatic carbocycles. The summed E-state index contributed by atoms with van der Waals surface area (Å²) in [5, 5.41) is 19.9. The minimum absolute atomic E-state index is 0.0739. The molecule has 0 aliphatic heterocycles. The molecule has 0 atom stereocenters. The summed E-state index contributed by atoms with van der Waals surface area (Å²) in [6, 6.07) is 6.93. The molecule has 19 heavy (non-hydrogen) atoms. The lowest BCUT2D eigenvalue weighted by molar-refractivity contribution is -0.384. The first-order chi connectivity index (χ1) is 9.08. The van der Waals surface area contributed by atoms with Crippen LogP contribution in [0.15, 0.2) is 30.5 Å². The van der Waals surface area contributed by atoms with Crippen molar-refractivity contribution in [3.8, 4) is 17.5 Å². The number of halogens is 1. The Kier molecular flexibility index (Phi) is 3.16. The van der Waals surface area contributed by atoms with Gasteiger partial charge in [0.2, 0.25) is 0 Å². The van der Waals surface area contributed by atoms with E-state index in [2.05, 4.69) is 0 Å². The molecule has 0 radical (unpaired) electrons. The van der Waals surface area contributed by atoms with Gasteiger partial charge in [0.1, 0.15) is 17.5 Å². The van der Waals surface area contributed by atoms with Crippen LogP contribution in [0, 0.1) is 27.3 Å². The summed E-state index contributed by atoms with van der Waals surface area (Å²) in [6.07, 6.45) is 1.48. The van der Waals surface area contributed by atoms with Gasteiger partial charge in [-0.15, -0.1) is 0 Å². The van der Waals surface area contributed by atoms with Crippen LogP contribution in [0.5, 0.6) is 5.75 Å². The van der Waals surface area contributed by atoms with E-state index >= 15 is 0 Å². The molecule has 0 saturated carbocycles. The zero-order chi connectivity index (χ0) is 14.0. The highest BCUT2D eigenvalue weighted by Gasteiger charge is 2.21. The molecular weight excluding hydrogens is 253 g/mol. The Balaban J connectivity index is 2.74. The summed E-state index contributed by atoms with van der Waals surface area (Å²) in [7, 11) is 1.26. The van der Waals surface area contributed by atoms with Crippen LogP contribution in [-0.4, -0.2) is 16.6 Å². The number of nitro groups is 1. The molecule has 0 N–H and O–H groups in total. The average molecular weight is 261 g/mol. The molecule has 1 heterocycles. The second-order valence-electron chi connectivity index (χ2n) is 3.61. The number of hydrogen-bond donors (Lipinski definition) is 0. The fourth-order valence-electron chi connectivity index (χ4n) is 1.71. The topological polar surface area (TPSA) is 81.1 Å². The van der Waals surface area contributed by atoms with Gasteiger partial charge >= 0.3 is 0 Å². The molecule has 0 bridgehead atoms. The highest BCUT2D eigenvalue weighted by molar-refractivity contribution is 5.58. The molecule has 0 aliphatic carbocycles. The van der Waals surface area contributed by atoms with E-state index in [1.807, 2.05) is 6.07 Å². The van der Waals surface area contributed by atoms with Gasteiger partial charge < -0.3 is 9.30 Å². The zero-order valence-corrected chi connectivity index (χ0v) is 9.83. The number of nitrogens with zero attached hydrogens (tertiary/aromatic N) is 3. The van der Waals surface area contributed by atoms with Gasteiger partial charge in [-0.1, -0.05) is 0 Å². The molecule has 6 nitrogen and oxygen atoms in total. The monoisotopic (exact) mass is 261 g/mol. The molecule has 0 aliphatic rings. The van der Waals surface area contributed by atoms with E-state index in [9.17, 15) is 14.5 Å². The molecule has 0 amide bonds. The maximum absolute atomic E-state index is 13.5. The number of hydrogen-bond acceptors (Lipinski definition) is 4. The third-order valence-corrected chi connectivity index (χ3v) is 2.57. The fraction of sp³-hybridized carbons (Fsp3) is 0.0833. The lowest BCUT2D eigenvalue weighted by Crippen LogP contribution is -2.03. The Morgan fingerprint density at radius 3 is 2.84 bits per heavy atom. The van der Waals surface area contributed by atoms with Crippen molar-refractivity contribution in [2.75, 3.05) is 7.11 Å². The van der Waals surface area contributed by atoms with Gasteiger partial charge in [-0.25, -0.2) is 4.39 Å². The van der Waals surface area contributed by atoms with Crippen molar-refractivity contribution in [3.05, 3.63) is 52.1 Å². The fourth-order valence-corrected chi connectivity index (χ4v) is 1.71. The first-order valence-corrected chi connectivity index (χ1v) is 5.18. The van der Waals surface area contributed by atoms with Crippen molar-refractivity contribution in [1.82, 2.24) is 4.57 Å². The molecule has 0 fully saturated rings. The van der Waals surface area contributed by atoms with Crippen molar-refractivity contribution in [3.63, 3.8) is 0 Å². The zero-order valence-electron chi connectivity index (χ0n) is 9.83. The molecule has 1 aromatic heterocycles. The van der Waals surface area contributed by atoms with E-state index in [0.29, 0.717) is 0 Å². The van der Waals surface area contributed by atoms with Crippen LogP contribution in [0.1, 0.15) is 5.69 Å². The normalized spacial score (nSPS) is 9.95. The Hall–Kier alpha value is -2.88. The highest BCUT2D eigenvalue weighted by atomic mass is 19.1. The predicted molar refractivity (Wildman–Crippen MR) is 63.6 cm³/mol. The maximum Gasteiger partial charge on any atom is 0.296 e. The first kappa shape index (κ1) is 12.6. The van der Waals surface area contributed by atoms with E-state index in [1.165, 1.54) is 30.0 Å². The van der Waals surface area contributed by atoms with Crippen molar-refractivity contribution < 1.29 is 14.1 Å². The van der Waals surface area contributed by atoms with Crippen LogP contribution in [0.25, 0.3) is 5.69 Å². The van der Waals surface area contributed by atoms with Crippen molar-refractivity contribution in [1.29, 1.82) is 5.26 Å².